The normalized spacial score (nSPS) is 11.0. The second kappa shape index (κ2) is 7.34. The van der Waals surface area contributed by atoms with Gasteiger partial charge in [-0.1, -0.05) is 31.5 Å². The molecule has 0 saturated heterocycles. The van der Waals surface area contributed by atoms with Gasteiger partial charge in [0.1, 0.15) is 5.82 Å². The maximum Gasteiger partial charge on any atom is 0.128 e. The Morgan fingerprint density at radius 3 is 2.75 bits per heavy atom. The highest BCUT2D eigenvalue weighted by Gasteiger charge is 2.13. The third kappa shape index (κ3) is 3.20. The van der Waals surface area contributed by atoms with Crippen LogP contribution in [0.1, 0.15) is 37.4 Å². The largest absolute Gasteiger partial charge is 0.375 e. The minimum Gasteiger partial charge on any atom is -0.375 e. The smallest absolute Gasteiger partial charge is 0.128 e. The van der Waals surface area contributed by atoms with E-state index in [4.69, 9.17) is 0 Å². The van der Waals surface area contributed by atoms with Crippen LogP contribution in [0, 0.1) is 6.92 Å². The van der Waals surface area contributed by atoms with Crippen molar-refractivity contribution in [1.82, 2.24) is 19.3 Å². The van der Waals surface area contributed by atoms with Gasteiger partial charge in [0, 0.05) is 18.9 Å². The Labute approximate surface area is 143 Å². The van der Waals surface area contributed by atoms with E-state index in [0.29, 0.717) is 6.54 Å². The molecule has 5 nitrogen and oxygen atoms in total. The Morgan fingerprint density at radius 1 is 1.17 bits per heavy atom. The molecule has 3 aromatic rings. The molecule has 0 fully saturated rings. The molecule has 0 unspecified atom stereocenters. The van der Waals surface area contributed by atoms with Crippen LogP contribution in [-0.2, 0) is 19.5 Å². The molecule has 24 heavy (non-hydrogen) atoms. The van der Waals surface area contributed by atoms with Crippen molar-refractivity contribution in [2.45, 2.75) is 46.7 Å². The van der Waals surface area contributed by atoms with Gasteiger partial charge in [0.2, 0.25) is 0 Å². The van der Waals surface area contributed by atoms with Gasteiger partial charge in [-0.05, 0) is 31.9 Å². The summed E-state index contributed by atoms with van der Waals surface area (Å²) < 4.78 is 4.21. The van der Waals surface area contributed by atoms with Crippen molar-refractivity contribution in [2.75, 3.05) is 5.32 Å². The van der Waals surface area contributed by atoms with E-state index in [9.17, 15) is 0 Å². The zero-order valence-electron chi connectivity index (χ0n) is 14.7. The maximum absolute atomic E-state index is 4.64. The summed E-state index contributed by atoms with van der Waals surface area (Å²) >= 11 is 0. The van der Waals surface area contributed by atoms with Crippen LogP contribution in [0.5, 0.6) is 0 Å². The van der Waals surface area contributed by atoms with Crippen LogP contribution in [0.15, 0.2) is 42.9 Å². The molecule has 0 atom stereocenters. The number of imidazole rings is 1. The number of rotatable bonds is 7. The molecule has 0 aliphatic heterocycles. The highest BCUT2D eigenvalue weighted by atomic mass is 15.3. The number of aryl methyl sites for hydroxylation is 2. The molecule has 1 N–H and O–H groups in total. The van der Waals surface area contributed by atoms with Gasteiger partial charge in [-0.15, -0.1) is 0 Å². The van der Waals surface area contributed by atoms with Crippen LogP contribution in [0.25, 0.3) is 5.69 Å². The summed E-state index contributed by atoms with van der Waals surface area (Å²) in [5.41, 5.74) is 4.68. The van der Waals surface area contributed by atoms with Crippen LogP contribution in [0.3, 0.4) is 0 Å². The van der Waals surface area contributed by atoms with Gasteiger partial charge in [-0.3, -0.25) is 0 Å². The fourth-order valence-electron chi connectivity index (χ4n) is 2.98. The van der Waals surface area contributed by atoms with Crippen molar-refractivity contribution in [1.29, 1.82) is 0 Å². The van der Waals surface area contributed by atoms with Crippen LogP contribution >= 0.6 is 0 Å². The summed E-state index contributed by atoms with van der Waals surface area (Å²) in [7, 11) is 0. The molecule has 2 heterocycles. The van der Waals surface area contributed by atoms with E-state index in [-0.39, 0.29) is 0 Å². The second-order valence-electron chi connectivity index (χ2n) is 5.94. The molecular formula is C19H25N5. The molecule has 0 aliphatic carbocycles. The van der Waals surface area contributed by atoms with Crippen molar-refractivity contribution in [3.05, 3.63) is 59.9 Å². The molecule has 126 valence electrons. The zero-order chi connectivity index (χ0) is 16.9. The average Bonchev–Trinajstić information content (AvgIpc) is 3.20. The van der Waals surface area contributed by atoms with E-state index in [1.807, 2.05) is 18.6 Å². The minimum atomic E-state index is 0.705. The van der Waals surface area contributed by atoms with Gasteiger partial charge < -0.3 is 9.88 Å². The van der Waals surface area contributed by atoms with Crippen LogP contribution < -0.4 is 5.32 Å². The molecular weight excluding hydrogens is 298 g/mol. The molecule has 3 rings (SSSR count). The standard InChI is InChI=1S/C19H25N5/c1-4-8-18-16(21-14-19-20-11-12-23(19)5-2)13-22-24(18)17-10-7-6-9-15(17)3/h6-7,9-13,21H,4-5,8,14H2,1-3H3. The Bertz CT molecular complexity index is 800. The highest BCUT2D eigenvalue weighted by molar-refractivity contribution is 5.52. The van der Waals surface area contributed by atoms with Crippen molar-refractivity contribution < 1.29 is 0 Å². The summed E-state index contributed by atoms with van der Waals surface area (Å²) in [5, 5.41) is 8.15. The third-order valence-electron chi connectivity index (χ3n) is 4.28. The van der Waals surface area contributed by atoms with Crippen LogP contribution in [0.2, 0.25) is 0 Å². The number of benzene rings is 1. The topological polar surface area (TPSA) is 47.7 Å². The van der Waals surface area contributed by atoms with Gasteiger partial charge in [0.05, 0.1) is 29.8 Å². The van der Waals surface area contributed by atoms with E-state index in [1.165, 1.54) is 11.3 Å². The molecule has 0 bridgehead atoms. The Kier molecular flexibility index (Phi) is 4.99. The number of nitrogens with zero attached hydrogens (tertiary/aromatic N) is 4. The Balaban J connectivity index is 1.88. The summed E-state index contributed by atoms with van der Waals surface area (Å²) in [4.78, 5) is 4.43. The number of para-hydroxylation sites is 1. The molecule has 1 aromatic carbocycles. The molecule has 5 heteroatoms. The SMILES string of the molecule is CCCc1c(NCc2nccn2CC)cnn1-c1ccccc1C. The molecule has 2 aromatic heterocycles. The van der Waals surface area contributed by atoms with E-state index in [1.54, 1.807) is 0 Å². The van der Waals surface area contributed by atoms with Crippen molar-refractivity contribution in [3.63, 3.8) is 0 Å². The van der Waals surface area contributed by atoms with Gasteiger partial charge in [-0.25, -0.2) is 9.67 Å². The predicted octanol–water partition coefficient (Wildman–Crippen LogP) is 3.96. The molecule has 0 aliphatic rings. The molecule has 0 spiro atoms. The first-order chi connectivity index (χ1) is 11.7. The summed E-state index contributed by atoms with van der Waals surface area (Å²) in [5.74, 6) is 1.04. The molecule has 0 saturated carbocycles. The monoisotopic (exact) mass is 323 g/mol. The first-order valence-electron chi connectivity index (χ1n) is 8.61. The fraction of sp³-hybridized carbons (Fsp3) is 0.368. The fourth-order valence-corrected chi connectivity index (χ4v) is 2.98. The van der Waals surface area contributed by atoms with Gasteiger partial charge >= 0.3 is 0 Å². The van der Waals surface area contributed by atoms with Crippen LogP contribution in [0.4, 0.5) is 5.69 Å². The second-order valence-corrected chi connectivity index (χ2v) is 5.94. The Morgan fingerprint density at radius 2 is 2.00 bits per heavy atom. The lowest BCUT2D eigenvalue weighted by Crippen LogP contribution is -2.10. The summed E-state index contributed by atoms with van der Waals surface area (Å²) in [6, 6.07) is 8.36. The lowest BCUT2D eigenvalue weighted by atomic mass is 10.1. The van der Waals surface area contributed by atoms with E-state index in [0.717, 1.165) is 36.6 Å². The van der Waals surface area contributed by atoms with Crippen molar-refractivity contribution >= 4 is 5.69 Å². The zero-order valence-corrected chi connectivity index (χ0v) is 14.7. The van der Waals surface area contributed by atoms with Crippen molar-refractivity contribution in [2.24, 2.45) is 0 Å². The number of hydrogen-bond donors (Lipinski definition) is 1. The van der Waals surface area contributed by atoms with Gasteiger partial charge in [-0.2, -0.15) is 5.10 Å². The molecule has 0 amide bonds. The van der Waals surface area contributed by atoms with Crippen LogP contribution in [-0.4, -0.2) is 19.3 Å². The first-order valence-corrected chi connectivity index (χ1v) is 8.61. The van der Waals surface area contributed by atoms with E-state index in [2.05, 4.69) is 69.7 Å². The number of aromatic nitrogens is 4. The third-order valence-corrected chi connectivity index (χ3v) is 4.28. The summed E-state index contributed by atoms with van der Waals surface area (Å²) in [6.45, 7) is 8.09. The highest BCUT2D eigenvalue weighted by Crippen LogP contribution is 2.23. The minimum absolute atomic E-state index is 0.705. The number of nitrogens with one attached hydrogen (secondary N) is 1. The predicted molar refractivity (Wildman–Crippen MR) is 97.5 cm³/mol. The lowest BCUT2D eigenvalue weighted by molar-refractivity contribution is 0.707. The number of hydrogen-bond acceptors (Lipinski definition) is 3. The average molecular weight is 323 g/mol. The maximum atomic E-state index is 4.64. The molecule has 0 radical (unpaired) electrons. The van der Waals surface area contributed by atoms with E-state index < -0.39 is 0 Å². The van der Waals surface area contributed by atoms with Gasteiger partial charge in [0.15, 0.2) is 0 Å². The summed E-state index contributed by atoms with van der Waals surface area (Å²) in [6.07, 6.45) is 7.86. The lowest BCUT2D eigenvalue weighted by Gasteiger charge is -2.12. The quantitative estimate of drug-likeness (QED) is 0.716. The first kappa shape index (κ1) is 16.3. The number of anilines is 1. The Hall–Kier alpha value is -2.56. The van der Waals surface area contributed by atoms with Gasteiger partial charge in [0.25, 0.3) is 0 Å². The van der Waals surface area contributed by atoms with E-state index >= 15 is 0 Å². The van der Waals surface area contributed by atoms with Crippen molar-refractivity contribution in [3.8, 4) is 5.69 Å².